The fraction of sp³-hybridized carbons (Fsp3) is 0.0769. The molecule has 84 valence electrons. The lowest BCUT2D eigenvalue weighted by Crippen LogP contribution is -2.22. The SMILES string of the molecule is Clc1ccc(C2NN=Cc3ccccc32)cn1. The van der Waals surface area contributed by atoms with Crippen molar-refractivity contribution in [2.24, 2.45) is 5.10 Å². The molecule has 0 saturated carbocycles. The first-order valence-corrected chi connectivity index (χ1v) is 5.71. The molecule has 0 fully saturated rings. The number of benzene rings is 1. The second kappa shape index (κ2) is 4.18. The normalized spacial score (nSPS) is 17.4. The van der Waals surface area contributed by atoms with Crippen LogP contribution < -0.4 is 5.43 Å². The van der Waals surface area contributed by atoms with Crippen molar-refractivity contribution in [3.63, 3.8) is 0 Å². The van der Waals surface area contributed by atoms with Crippen molar-refractivity contribution in [3.05, 3.63) is 64.4 Å². The molecule has 1 unspecified atom stereocenters. The van der Waals surface area contributed by atoms with Gasteiger partial charge in [0.1, 0.15) is 5.15 Å². The summed E-state index contributed by atoms with van der Waals surface area (Å²) in [5, 5.41) is 4.66. The predicted molar refractivity (Wildman–Crippen MR) is 68.3 cm³/mol. The fourth-order valence-corrected chi connectivity index (χ4v) is 2.07. The Kier molecular flexibility index (Phi) is 2.53. The summed E-state index contributed by atoms with van der Waals surface area (Å²) in [4.78, 5) is 4.10. The molecule has 1 atom stereocenters. The van der Waals surface area contributed by atoms with Gasteiger partial charge in [0, 0.05) is 11.8 Å². The van der Waals surface area contributed by atoms with Crippen molar-refractivity contribution in [3.8, 4) is 0 Å². The van der Waals surface area contributed by atoms with E-state index in [1.165, 1.54) is 5.56 Å². The van der Waals surface area contributed by atoms with Crippen molar-refractivity contribution in [2.45, 2.75) is 6.04 Å². The van der Waals surface area contributed by atoms with Gasteiger partial charge in [-0.25, -0.2) is 4.98 Å². The van der Waals surface area contributed by atoms with Crippen LogP contribution in [0.25, 0.3) is 0 Å². The van der Waals surface area contributed by atoms with Gasteiger partial charge in [-0.15, -0.1) is 0 Å². The van der Waals surface area contributed by atoms with Crippen molar-refractivity contribution in [2.75, 3.05) is 0 Å². The number of halogens is 1. The zero-order chi connectivity index (χ0) is 11.7. The average Bonchev–Trinajstić information content (AvgIpc) is 2.39. The van der Waals surface area contributed by atoms with E-state index in [-0.39, 0.29) is 6.04 Å². The van der Waals surface area contributed by atoms with E-state index >= 15 is 0 Å². The molecule has 2 aromatic rings. The maximum absolute atomic E-state index is 5.79. The van der Waals surface area contributed by atoms with Crippen LogP contribution in [0.5, 0.6) is 0 Å². The zero-order valence-corrected chi connectivity index (χ0v) is 9.72. The van der Waals surface area contributed by atoms with Crippen LogP contribution in [0.3, 0.4) is 0 Å². The van der Waals surface area contributed by atoms with Gasteiger partial charge < -0.3 is 0 Å². The van der Waals surface area contributed by atoms with Crippen molar-refractivity contribution in [1.29, 1.82) is 0 Å². The van der Waals surface area contributed by atoms with Gasteiger partial charge in [0.2, 0.25) is 0 Å². The lowest BCUT2D eigenvalue weighted by Gasteiger charge is -2.22. The Morgan fingerprint density at radius 3 is 2.82 bits per heavy atom. The molecule has 3 rings (SSSR count). The lowest BCUT2D eigenvalue weighted by molar-refractivity contribution is 0.629. The van der Waals surface area contributed by atoms with Crippen LogP contribution in [0.4, 0.5) is 0 Å². The molecular formula is C13H10ClN3. The number of nitrogens with zero attached hydrogens (tertiary/aromatic N) is 2. The van der Waals surface area contributed by atoms with Gasteiger partial charge in [-0.2, -0.15) is 5.10 Å². The first kappa shape index (κ1) is 10.3. The summed E-state index contributed by atoms with van der Waals surface area (Å²) >= 11 is 5.79. The molecule has 1 aliphatic rings. The largest absolute Gasteiger partial charge is 0.298 e. The van der Waals surface area contributed by atoms with E-state index in [2.05, 4.69) is 27.6 Å². The molecule has 0 spiro atoms. The van der Waals surface area contributed by atoms with Crippen LogP contribution in [0.1, 0.15) is 22.7 Å². The summed E-state index contributed by atoms with van der Waals surface area (Å²) in [5.41, 5.74) is 6.48. The van der Waals surface area contributed by atoms with Crippen LogP contribution in [0.2, 0.25) is 5.15 Å². The maximum Gasteiger partial charge on any atom is 0.129 e. The predicted octanol–water partition coefficient (Wildman–Crippen LogP) is 2.76. The molecule has 3 nitrogen and oxygen atoms in total. The quantitative estimate of drug-likeness (QED) is 0.782. The maximum atomic E-state index is 5.79. The molecule has 0 saturated heterocycles. The van der Waals surface area contributed by atoms with Gasteiger partial charge >= 0.3 is 0 Å². The van der Waals surface area contributed by atoms with E-state index in [1.807, 2.05) is 24.4 Å². The highest BCUT2D eigenvalue weighted by Crippen LogP contribution is 2.26. The highest BCUT2D eigenvalue weighted by molar-refractivity contribution is 6.29. The van der Waals surface area contributed by atoms with Crippen molar-refractivity contribution < 1.29 is 0 Å². The molecule has 4 heteroatoms. The highest BCUT2D eigenvalue weighted by atomic mass is 35.5. The van der Waals surface area contributed by atoms with Gasteiger partial charge in [0.15, 0.2) is 0 Å². The zero-order valence-electron chi connectivity index (χ0n) is 8.97. The molecule has 0 bridgehead atoms. The van der Waals surface area contributed by atoms with Gasteiger partial charge in [-0.05, 0) is 17.2 Å². The number of hydrogen-bond donors (Lipinski definition) is 1. The Morgan fingerprint density at radius 2 is 2.00 bits per heavy atom. The van der Waals surface area contributed by atoms with E-state index in [0.29, 0.717) is 5.15 Å². The Bertz CT molecular complexity index is 563. The third kappa shape index (κ3) is 1.89. The summed E-state index contributed by atoms with van der Waals surface area (Å²) in [6, 6.07) is 12.0. The topological polar surface area (TPSA) is 37.3 Å². The molecule has 17 heavy (non-hydrogen) atoms. The summed E-state index contributed by atoms with van der Waals surface area (Å²) in [6.45, 7) is 0. The first-order chi connectivity index (χ1) is 8.34. The van der Waals surface area contributed by atoms with Crippen LogP contribution in [-0.2, 0) is 0 Å². The third-order valence-electron chi connectivity index (χ3n) is 2.80. The highest BCUT2D eigenvalue weighted by Gasteiger charge is 2.18. The Balaban J connectivity index is 2.05. The van der Waals surface area contributed by atoms with Crippen molar-refractivity contribution >= 4 is 17.8 Å². The van der Waals surface area contributed by atoms with E-state index in [1.54, 1.807) is 12.3 Å². The minimum Gasteiger partial charge on any atom is -0.298 e. The van der Waals surface area contributed by atoms with E-state index in [9.17, 15) is 0 Å². The molecule has 2 heterocycles. The van der Waals surface area contributed by atoms with Crippen LogP contribution in [0.15, 0.2) is 47.7 Å². The number of aromatic nitrogens is 1. The van der Waals surface area contributed by atoms with Gasteiger partial charge in [-0.1, -0.05) is 41.9 Å². The smallest absolute Gasteiger partial charge is 0.129 e. The second-order valence-electron chi connectivity index (χ2n) is 3.86. The number of pyridine rings is 1. The van der Waals surface area contributed by atoms with Crippen LogP contribution >= 0.6 is 11.6 Å². The Hall–Kier alpha value is -1.87. The third-order valence-corrected chi connectivity index (χ3v) is 3.02. The van der Waals surface area contributed by atoms with Crippen LogP contribution in [0, 0.1) is 0 Å². The van der Waals surface area contributed by atoms with E-state index < -0.39 is 0 Å². The molecule has 1 N–H and O–H groups in total. The monoisotopic (exact) mass is 243 g/mol. The molecule has 0 aliphatic carbocycles. The molecule has 1 aliphatic heterocycles. The van der Waals surface area contributed by atoms with Gasteiger partial charge in [0.05, 0.1) is 12.3 Å². The first-order valence-electron chi connectivity index (χ1n) is 5.33. The van der Waals surface area contributed by atoms with E-state index in [0.717, 1.165) is 11.1 Å². The number of fused-ring (bicyclic) bond motifs is 1. The molecule has 0 radical (unpaired) electrons. The molecule has 1 aromatic carbocycles. The molecule has 0 amide bonds. The number of hydrogen-bond acceptors (Lipinski definition) is 3. The summed E-state index contributed by atoms with van der Waals surface area (Å²) < 4.78 is 0. The second-order valence-corrected chi connectivity index (χ2v) is 4.25. The average molecular weight is 244 g/mol. The molecule has 1 aromatic heterocycles. The van der Waals surface area contributed by atoms with E-state index in [4.69, 9.17) is 11.6 Å². The lowest BCUT2D eigenvalue weighted by atomic mass is 9.95. The van der Waals surface area contributed by atoms with Crippen LogP contribution in [-0.4, -0.2) is 11.2 Å². The standard InChI is InChI=1S/C13H10ClN3/c14-12-6-5-10(7-15-12)13-11-4-2-1-3-9(11)8-16-17-13/h1-8,13,17H. The number of hydrazone groups is 1. The summed E-state index contributed by atoms with van der Waals surface area (Å²) in [6.07, 6.45) is 3.60. The fourth-order valence-electron chi connectivity index (χ4n) is 1.95. The molecular weight excluding hydrogens is 234 g/mol. The summed E-state index contributed by atoms with van der Waals surface area (Å²) in [5.74, 6) is 0. The Labute approximate surface area is 104 Å². The number of nitrogens with one attached hydrogen (secondary N) is 1. The minimum atomic E-state index is 0.0426. The van der Waals surface area contributed by atoms with Gasteiger partial charge in [0.25, 0.3) is 0 Å². The van der Waals surface area contributed by atoms with Crippen molar-refractivity contribution in [1.82, 2.24) is 10.4 Å². The minimum absolute atomic E-state index is 0.0426. The Morgan fingerprint density at radius 1 is 1.12 bits per heavy atom. The number of rotatable bonds is 1. The summed E-state index contributed by atoms with van der Waals surface area (Å²) in [7, 11) is 0. The van der Waals surface area contributed by atoms with Gasteiger partial charge in [-0.3, -0.25) is 5.43 Å².